The van der Waals surface area contributed by atoms with E-state index in [2.05, 4.69) is 10.2 Å². The molecule has 0 aromatic rings. The minimum Gasteiger partial charge on any atom is -0.380 e. The van der Waals surface area contributed by atoms with Gasteiger partial charge in [0.1, 0.15) is 0 Å². The second-order valence-electron chi connectivity index (χ2n) is 6.77. The summed E-state index contributed by atoms with van der Waals surface area (Å²) >= 11 is 0. The van der Waals surface area contributed by atoms with Crippen molar-refractivity contribution in [2.75, 3.05) is 32.8 Å². The molecular weight excluding hydrogens is 236 g/mol. The molecule has 2 aliphatic heterocycles. The summed E-state index contributed by atoms with van der Waals surface area (Å²) in [4.78, 5) is 2.83. The summed E-state index contributed by atoms with van der Waals surface area (Å²) in [6.45, 7) is 5.75. The number of likely N-dealkylation sites (tertiary alicyclic amines) is 1. The zero-order valence-corrected chi connectivity index (χ0v) is 12.3. The maximum Gasteiger partial charge on any atom is 0.0620 e. The third-order valence-corrected chi connectivity index (χ3v) is 5.46. The van der Waals surface area contributed by atoms with E-state index >= 15 is 0 Å². The Hall–Kier alpha value is -0.120. The lowest BCUT2D eigenvalue weighted by molar-refractivity contribution is 0.0310. The molecule has 3 aliphatic rings. The predicted molar refractivity (Wildman–Crippen MR) is 78.5 cm³/mol. The Morgan fingerprint density at radius 1 is 1.00 bits per heavy atom. The summed E-state index contributed by atoms with van der Waals surface area (Å²) in [6, 6.07) is 0.614. The third-order valence-electron chi connectivity index (χ3n) is 5.46. The fourth-order valence-corrected chi connectivity index (χ4v) is 4.21. The lowest BCUT2D eigenvalue weighted by Crippen LogP contribution is -2.58. The fraction of sp³-hybridized carbons (Fsp3) is 1.00. The molecule has 3 nitrogen and oxygen atoms in total. The van der Waals surface area contributed by atoms with Gasteiger partial charge in [-0.1, -0.05) is 25.7 Å². The zero-order chi connectivity index (χ0) is 13.0. The Balaban J connectivity index is 1.61. The Morgan fingerprint density at radius 2 is 1.74 bits per heavy atom. The average molecular weight is 266 g/mol. The van der Waals surface area contributed by atoms with Gasteiger partial charge >= 0.3 is 0 Å². The normalized spacial score (nSPS) is 32.5. The molecule has 3 rings (SSSR count). The van der Waals surface area contributed by atoms with E-state index < -0.39 is 0 Å². The van der Waals surface area contributed by atoms with E-state index in [1.54, 1.807) is 0 Å². The summed E-state index contributed by atoms with van der Waals surface area (Å²) in [5.41, 5.74) is 0.473. The van der Waals surface area contributed by atoms with Crippen molar-refractivity contribution in [2.45, 2.75) is 69.4 Å². The van der Waals surface area contributed by atoms with Gasteiger partial charge in [-0.05, 0) is 45.2 Å². The molecule has 1 saturated carbocycles. The Labute approximate surface area is 118 Å². The molecule has 0 radical (unpaired) electrons. The van der Waals surface area contributed by atoms with Crippen LogP contribution in [0.3, 0.4) is 0 Å². The molecule has 0 aromatic heterocycles. The number of hydrogen-bond donors (Lipinski definition) is 1. The van der Waals surface area contributed by atoms with E-state index in [0.717, 1.165) is 13.2 Å². The Kier molecular flexibility index (Phi) is 4.78. The van der Waals surface area contributed by atoms with Crippen molar-refractivity contribution in [3.8, 4) is 0 Å². The minimum absolute atomic E-state index is 0.473. The highest BCUT2D eigenvalue weighted by molar-refractivity contribution is 4.97. The van der Waals surface area contributed by atoms with Gasteiger partial charge in [-0.25, -0.2) is 0 Å². The van der Waals surface area contributed by atoms with Crippen LogP contribution < -0.4 is 5.32 Å². The predicted octanol–water partition coefficient (Wildman–Crippen LogP) is 2.55. The molecule has 1 aliphatic carbocycles. The van der Waals surface area contributed by atoms with Gasteiger partial charge in [0, 0.05) is 24.7 Å². The van der Waals surface area contributed by atoms with Crippen LogP contribution in [0.2, 0.25) is 0 Å². The maximum atomic E-state index is 5.50. The highest BCUT2D eigenvalue weighted by Crippen LogP contribution is 2.35. The molecule has 0 bridgehead atoms. The first-order chi connectivity index (χ1) is 9.39. The van der Waals surface area contributed by atoms with Crippen LogP contribution in [0.4, 0.5) is 0 Å². The van der Waals surface area contributed by atoms with Crippen molar-refractivity contribution < 1.29 is 4.74 Å². The van der Waals surface area contributed by atoms with E-state index in [-0.39, 0.29) is 0 Å². The quantitative estimate of drug-likeness (QED) is 0.846. The molecule has 0 amide bonds. The number of piperidine rings is 1. The van der Waals surface area contributed by atoms with Crippen LogP contribution in [0.25, 0.3) is 0 Å². The number of hydrogen-bond acceptors (Lipinski definition) is 3. The summed E-state index contributed by atoms with van der Waals surface area (Å²) in [6.07, 6.45) is 12.6. The van der Waals surface area contributed by atoms with Crippen LogP contribution in [0, 0.1) is 0 Å². The molecule has 0 aromatic carbocycles. The smallest absolute Gasteiger partial charge is 0.0620 e. The average Bonchev–Trinajstić information content (AvgIpc) is 3.01. The topological polar surface area (TPSA) is 24.5 Å². The van der Waals surface area contributed by atoms with Crippen molar-refractivity contribution >= 4 is 0 Å². The van der Waals surface area contributed by atoms with Crippen molar-refractivity contribution in [3.63, 3.8) is 0 Å². The lowest BCUT2D eigenvalue weighted by atomic mass is 9.79. The van der Waals surface area contributed by atoms with Crippen molar-refractivity contribution in [1.82, 2.24) is 10.2 Å². The SMILES string of the molecule is C1CCN(C2(CNC3CCOC3)CCCCC2)CC1. The van der Waals surface area contributed by atoms with Crippen molar-refractivity contribution in [3.05, 3.63) is 0 Å². The van der Waals surface area contributed by atoms with Gasteiger partial charge in [-0.2, -0.15) is 0 Å². The summed E-state index contributed by atoms with van der Waals surface area (Å²) < 4.78 is 5.50. The second-order valence-corrected chi connectivity index (χ2v) is 6.77. The van der Waals surface area contributed by atoms with Gasteiger partial charge in [0.05, 0.1) is 6.61 Å². The molecule has 110 valence electrons. The van der Waals surface area contributed by atoms with Crippen molar-refractivity contribution in [1.29, 1.82) is 0 Å². The molecule has 19 heavy (non-hydrogen) atoms. The van der Waals surface area contributed by atoms with E-state index in [9.17, 15) is 0 Å². The molecule has 1 unspecified atom stereocenters. The van der Waals surface area contributed by atoms with Gasteiger partial charge in [0.2, 0.25) is 0 Å². The standard InChI is InChI=1S/C16H30N2O/c1-3-8-16(9-4-1,18-10-5-2-6-11-18)14-17-15-7-12-19-13-15/h15,17H,1-14H2. The van der Waals surface area contributed by atoms with Crippen LogP contribution in [0.1, 0.15) is 57.8 Å². The van der Waals surface area contributed by atoms with Crippen LogP contribution in [-0.2, 0) is 4.74 Å². The van der Waals surface area contributed by atoms with Gasteiger partial charge < -0.3 is 10.1 Å². The van der Waals surface area contributed by atoms with Crippen LogP contribution >= 0.6 is 0 Å². The van der Waals surface area contributed by atoms with Crippen LogP contribution in [0.5, 0.6) is 0 Å². The van der Waals surface area contributed by atoms with E-state index in [1.807, 2.05) is 0 Å². The highest BCUT2D eigenvalue weighted by Gasteiger charge is 2.38. The monoisotopic (exact) mass is 266 g/mol. The lowest BCUT2D eigenvalue weighted by Gasteiger charge is -2.49. The number of ether oxygens (including phenoxy) is 1. The van der Waals surface area contributed by atoms with E-state index in [0.29, 0.717) is 11.6 Å². The van der Waals surface area contributed by atoms with Gasteiger partial charge in [0.25, 0.3) is 0 Å². The number of nitrogens with one attached hydrogen (secondary N) is 1. The highest BCUT2D eigenvalue weighted by atomic mass is 16.5. The first-order valence-corrected chi connectivity index (χ1v) is 8.45. The summed E-state index contributed by atoms with van der Waals surface area (Å²) in [5, 5.41) is 3.82. The second kappa shape index (κ2) is 6.55. The maximum absolute atomic E-state index is 5.50. The van der Waals surface area contributed by atoms with Crippen LogP contribution in [0.15, 0.2) is 0 Å². The van der Waals surface area contributed by atoms with E-state index in [4.69, 9.17) is 4.74 Å². The first-order valence-electron chi connectivity index (χ1n) is 8.45. The van der Waals surface area contributed by atoms with E-state index in [1.165, 1.54) is 77.4 Å². The van der Waals surface area contributed by atoms with Gasteiger partial charge in [-0.3, -0.25) is 4.90 Å². The number of nitrogens with zero attached hydrogens (tertiary/aromatic N) is 1. The molecule has 3 fully saturated rings. The Bertz CT molecular complexity index is 264. The molecule has 1 N–H and O–H groups in total. The molecule has 1 atom stereocenters. The molecule has 3 heteroatoms. The summed E-state index contributed by atoms with van der Waals surface area (Å²) in [7, 11) is 0. The molecule has 2 heterocycles. The molecule has 2 saturated heterocycles. The van der Waals surface area contributed by atoms with Crippen molar-refractivity contribution in [2.24, 2.45) is 0 Å². The number of rotatable bonds is 4. The van der Waals surface area contributed by atoms with Crippen LogP contribution in [-0.4, -0.2) is 49.3 Å². The van der Waals surface area contributed by atoms with Gasteiger partial charge in [0.15, 0.2) is 0 Å². The third kappa shape index (κ3) is 3.32. The molecular formula is C16H30N2O. The first kappa shape index (κ1) is 13.8. The minimum atomic E-state index is 0.473. The largest absolute Gasteiger partial charge is 0.380 e. The fourth-order valence-electron chi connectivity index (χ4n) is 4.21. The molecule has 0 spiro atoms. The zero-order valence-electron chi connectivity index (χ0n) is 12.3. The Morgan fingerprint density at radius 3 is 2.42 bits per heavy atom. The van der Waals surface area contributed by atoms with Gasteiger partial charge in [-0.15, -0.1) is 0 Å². The summed E-state index contributed by atoms with van der Waals surface area (Å²) in [5.74, 6) is 0.